The average molecular weight is 316 g/mol. The van der Waals surface area contributed by atoms with Crippen molar-refractivity contribution in [3.05, 3.63) is 60.4 Å². The zero-order valence-corrected chi connectivity index (χ0v) is 14.8. The van der Waals surface area contributed by atoms with Crippen molar-refractivity contribution in [3.8, 4) is 0 Å². The van der Waals surface area contributed by atoms with E-state index in [1.807, 2.05) is 43.3 Å². The summed E-state index contributed by atoms with van der Waals surface area (Å²) in [6.45, 7) is 12.1. The standard InChI is InChI=1S/C19H25O2P/c1-6-11-15-16-12-9-10-13-18(16)22(20,21-17(15)7-2)14-19(4,5)8-3/h6-7,9-13H,1,8,14H2,2-5H3/b15-11-,17-7+. The Bertz CT molecular complexity index is 680. The van der Waals surface area contributed by atoms with Crippen LogP contribution in [0.5, 0.6) is 0 Å². The summed E-state index contributed by atoms with van der Waals surface area (Å²) in [5.74, 6) is 0.689. The Morgan fingerprint density at radius 1 is 1.32 bits per heavy atom. The molecule has 118 valence electrons. The highest BCUT2D eigenvalue weighted by Crippen LogP contribution is 2.58. The molecule has 1 aliphatic rings. The third-order valence-electron chi connectivity index (χ3n) is 4.21. The van der Waals surface area contributed by atoms with Gasteiger partial charge in [0.2, 0.25) is 0 Å². The molecule has 0 saturated heterocycles. The first kappa shape index (κ1) is 16.8. The van der Waals surface area contributed by atoms with Crippen molar-refractivity contribution in [3.63, 3.8) is 0 Å². The van der Waals surface area contributed by atoms with Gasteiger partial charge in [0.15, 0.2) is 0 Å². The van der Waals surface area contributed by atoms with Crippen molar-refractivity contribution in [1.29, 1.82) is 0 Å². The number of rotatable bonds is 4. The first-order valence-electron chi connectivity index (χ1n) is 7.75. The second-order valence-electron chi connectivity index (χ2n) is 6.43. The van der Waals surface area contributed by atoms with Crippen molar-refractivity contribution in [2.24, 2.45) is 5.41 Å². The quantitative estimate of drug-likeness (QED) is 0.683. The van der Waals surface area contributed by atoms with Gasteiger partial charge in [-0.25, -0.2) is 0 Å². The Morgan fingerprint density at radius 3 is 2.59 bits per heavy atom. The maximum absolute atomic E-state index is 13.6. The molecular weight excluding hydrogens is 291 g/mol. The van der Waals surface area contributed by atoms with Gasteiger partial charge in [-0.3, -0.25) is 4.57 Å². The molecule has 0 aliphatic carbocycles. The molecule has 0 radical (unpaired) electrons. The second kappa shape index (κ2) is 6.30. The lowest BCUT2D eigenvalue weighted by Gasteiger charge is -2.35. The molecule has 0 fully saturated rings. The third kappa shape index (κ3) is 3.13. The highest BCUT2D eigenvalue weighted by atomic mass is 31.2. The van der Waals surface area contributed by atoms with Gasteiger partial charge in [0.05, 0.1) is 5.30 Å². The first-order valence-corrected chi connectivity index (χ1v) is 9.56. The third-order valence-corrected chi connectivity index (χ3v) is 7.10. The molecule has 1 heterocycles. The second-order valence-corrected chi connectivity index (χ2v) is 8.75. The lowest BCUT2D eigenvalue weighted by Crippen LogP contribution is -2.26. The summed E-state index contributed by atoms with van der Waals surface area (Å²) < 4.78 is 19.7. The molecule has 22 heavy (non-hydrogen) atoms. The van der Waals surface area contributed by atoms with Gasteiger partial charge in [-0.2, -0.15) is 0 Å². The monoisotopic (exact) mass is 316 g/mol. The molecule has 1 unspecified atom stereocenters. The van der Waals surface area contributed by atoms with Crippen molar-refractivity contribution >= 4 is 18.2 Å². The molecule has 0 amide bonds. The minimum absolute atomic E-state index is 0.0266. The molecule has 0 spiro atoms. The van der Waals surface area contributed by atoms with Crippen LogP contribution in [-0.2, 0) is 9.09 Å². The van der Waals surface area contributed by atoms with Gasteiger partial charge in [0.25, 0.3) is 7.37 Å². The largest absolute Gasteiger partial charge is 0.439 e. The molecule has 0 bridgehead atoms. The summed E-state index contributed by atoms with van der Waals surface area (Å²) in [5, 5.41) is 0.829. The number of hydrogen-bond acceptors (Lipinski definition) is 2. The molecule has 0 aromatic heterocycles. The number of fused-ring (bicyclic) bond motifs is 1. The van der Waals surface area contributed by atoms with Gasteiger partial charge >= 0.3 is 0 Å². The van der Waals surface area contributed by atoms with Crippen LogP contribution in [0.15, 0.2) is 54.8 Å². The summed E-state index contributed by atoms with van der Waals surface area (Å²) >= 11 is 0. The van der Waals surface area contributed by atoms with Crippen molar-refractivity contribution in [2.45, 2.75) is 34.1 Å². The molecule has 0 saturated carbocycles. The van der Waals surface area contributed by atoms with Crippen LogP contribution in [0, 0.1) is 5.41 Å². The van der Waals surface area contributed by atoms with E-state index in [-0.39, 0.29) is 5.41 Å². The minimum Gasteiger partial charge on any atom is -0.439 e. The Balaban J connectivity index is 2.64. The van der Waals surface area contributed by atoms with Crippen LogP contribution in [0.1, 0.15) is 39.7 Å². The zero-order valence-electron chi connectivity index (χ0n) is 13.9. The molecule has 1 aromatic carbocycles. The Kier molecular flexibility index (Phi) is 4.82. The van der Waals surface area contributed by atoms with Crippen molar-refractivity contribution in [2.75, 3.05) is 6.16 Å². The predicted octanol–water partition coefficient (Wildman–Crippen LogP) is 5.53. The molecule has 1 aromatic rings. The maximum atomic E-state index is 13.6. The maximum Gasteiger partial charge on any atom is 0.278 e. The molecule has 2 nitrogen and oxygen atoms in total. The Labute approximate surface area is 134 Å². The SMILES string of the molecule is C=C/C=C1\C(=C/C)OP(=O)(CC(C)(C)CC)c2ccccc21. The first-order chi connectivity index (χ1) is 10.4. The van der Waals surface area contributed by atoms with E-state index in [1.165, 1.54) is 0 Å². The molecular formula is C19H25O2P. The zero-order chi connectivity index (χ0) is 16.4. The van der Waals surface area contributed by atoms with E-state index < -0.39 is 7.37 Å². The van der Waals surface area contributed by atoms with Crippen LogP contribution in [0.2, 0.25) is 0 Å². The van der Waals surface area contributed by atoms with E-state index in [0.717, 1.165) is 22.9 Å². The molecule has 0 N–H and O–H groups in total. The van der Waals surface area contributed by atoms with E-state index in [9.17, 15) is 4.57 Å². The van der Waals surface area contributed by atoms with Crippen molar-refractivity contribution < 1.29 is 9.09 Å². The predicted molar refractivity (Wildman–Crippen MR) is 95.6 cm³/mol. The van der Waals surface area contributed by atoms with Crippen LogP contribution in [0.25, 0.3) is 5.57 Å². The Hall–Kier alpha value is -1.53. The van der Waals surface area contributed by atoms with Crippen molar-refractivity contribution in [1.82, 2.24) is 0 Å². The number of allylic oxidation sites excluding steroid dienone is 4. The summed E-state index contributed by atoms with van der Waals surface area (Å²) in [7, 11) is -2.92. The van der Waals surface area contributed by atoms with Gasteiger partial charge in [-0.05, 0) is 30.0 Å². The lowest BCUT2D eigenvalue weighted by molar-refractivity contribution is 0.362. The summed E-state index contributed by atoms with van der Waals surface area (Å²) in [6.07, 6.45) is 7.06. The fourth-order valence-corrected chi connectivity index (χ4v) is 5.76. The van der Waals surface area contributed by atoms with Crippen LogP contribution >= 0.6 is 7.37 Å². The highest BCUT2D eigenvalue weighted by Gasteiger charge is 2.40. The van der Waals surface area contributed by atoms with Crippen LogP contribution in [-0.4, -0.2) is 6.16 Å². The van der Waals surface area contributed by atoms with Gasteiger partial charge in [-0.1, -0.05) is 64.1 Å². The molecule has 2 rings (SSSR count). The molecule has 1 aliphatic heterocycles. The van der Waals surface area contributed by atoms with Crippen LogP contribution in [0.3, 0.4) is 0 Å². The Morgan fingerprint density at radius 2 is 2.00 bits per heavy atom. The van der Waals surface area contributed by atoms with E-state index in [2.05, 4.69) is 27.4 Å². The van der Waals surface area contributed by atoms with E-state index in [1.54, 1.807) is 6.08 Å². The van der Waals surface area contributed by atoms with E-state index >= 15 is 0 Å². The van der Waals surface area contributed by atoms with E-state index in [4.69, 9.17) is 4.52 Å². The summed E-state index contributed by atoms with van der Waals surface area (Å²) in [6, 6.07) is 7.86. The van der Waals surface area contributed by atoms with Crippen LogP contribution in [0.4, 0.5) is 0 Å². The minimum atomic E-state index is -2.92. The summed E-state index contributed by atoms with van der Waals surface area (Å²) in [4.78, 5) is 0. The van der Waals surface area contributed by atoms with E-state index in [0.29, 0.717) is 11.9 Å². The summed E-state index contributed by atoms with van der Waals surface area (Å²) in [5.41, 5.74) is 1.92. The van der Waals surface area contributed by atoms with Crippen LogP contribution < -0.4 is 5.30 Å². The van der Waals surface area contributed by atoms with Gasteiger partial charge in [0.1, 0.15) is 5.76 Å². The van der Waals surface area contributed by atoms with Gasteiger partial charge in [0, 0.05) is 11.7 Å². The fraction of sp³-hybridized carbons (Fsp3) is 0.368. The fourth-order valence-electron chi connectivity index (χ4n) is 2.68. The highest BCUT2D eigenvalue weighted by molar-refractivity contribution is 7.67. The normalized spacial score (nSPS) is 24.9. The molecule has 1 atom stereocenters. The number of hydrogen-bond donors (Lipinski definition) is 0. The molecule has 3 heteroatoms. The topological polar surface area (TPSA) is 26.3 Å². The average Bonchev–Trinajstić information content (AvgIpc) is 2.50. The van der Waals surface area contributed by atoms with Gasteiger partial charge < -0.3 is 4.52 Å². The number of benzene rings is 1. The van der Waals surface area contributed by atoms with Gasteiger partial charge in [-0.15, -0.1) is 0 Å². The smallest absolute Gasteiger partial charge is 0.278 e. The lowest BCUT2D eigenvalue weighted by atomic mass is 9.93.